The Morgan fingerprint density at radius 1 is 0.964 bits per heavy atom. The van der Waals surface area contributed by atoms with Crippen LogP contribution in [0.25, 0.3) is 0 Å². The van der Waals surface area contributed by atoms with E-state index in [1.165, 1.54) is 12.1 Å². The predicted octanol–water partition coefficient (Wildman–Crippen LogP) is 2.47. The molecular weight excluding hydrogens is 380 g/mol. The van der Waals surface area contributed by atoms with Crippen molar-refractivity contribution < 1.29 is 22.7 Å². The maximum Gasteiger partial charge on any atom is 0.261 e. The minimum absolute atomic E-state index is 0.131. The van der Waals surface area contributed by atoms with Gasteiger partial charge in [0.2, 0.25) is 0 Å². The van der Waals surface area contributed by atoms with Gasteiger partial charge in [0.25, 0.3) is 15.9 Å². The predicted molar refractivity (Wildman–Crippen MR) is 103 cm³/mol. The van der Waals surface area contributed by atoms with Crippen molar-refractivity contribution in [1.82, 2.24) is 4.90 Å². The molecule has 28 heavy (non-hydrogen) atoms. The van der Waals surface area contributed by atoms with E-state index in [0.717, 1.165) is 0 Å². The van der Waals surface area contributed by atoms with Crippen molar-refractivity contribution in [2.75, 3.05) is 31.0 Å². The van der Waals surface area contributed by atoms with Crippen molar-refractivity contribution in [1.29, 1.82) is 0 Å². The fourth-order valence-electron chi connectivity index (χ4n) is 3.55. The third kappa shape index (κ3) is 3.89. The summed E-state index contributed by atoms with van der Waals surface area (Å²) in [6.07, 6.45) is 1.28. The molecule has 2 saturated heterocycles. The minimum atomic E-state index is -3.70. The molecule has 8 heteroatoms. The van der Waals surface area contributed by atoms with Gasteiger partial charge in [-0.1, -0.05) is 24.3 Å². The lowest BCUT2D eigenvalue weighted by atomic mass is 10.0. The molecule has 0 aliphatic carbocycles. The number of likely N-dealkylation sites (tertiary alicyclic amines) is 1. The molecule has 0 bridgehead atoms. The Morgan fingerprint density at radius 3 is 2.32 bits per heavy atom. The number of hydrogen-bond donors (Lipinski definition) is 1. The Kier molecular flexibility index (Phi) is 5.09. The number of benzene rings is 2. The van der Waals surface area contributed by atoms with Crippen LogP contribution >= 0.6 is 0 Å². The van der Waals surface area contributed by atoms with E-state index in [4.69, 9.17) is 9.47 Å². The molecular formula is C20H22N2O5S. The van der Waals surface area contributed by atoms with E-state index in [1.807, 2.05) is 0 Å². The quantitative estimate of drug-likeness (QED) is 0.849. The van der Waals surface area contributed by atoms with E-state index in [-0.39, 0.29) is 10.8 Å². The van der Waals surface area contributed by atoms with E-state index in [2.05, 4.69) is 4.72 Å². The topological polar surface area (TPSA) is 84.9 Å². The van der Waals surface area contributed by atoms with Gasteiger partial charge in [-0.15, -0.1) is 0 Å². The van der Waals surface area contributed by atoms with Crippen molar-refractivity contribution >= 4 is 21.6 Å². The van der Waals surface area contributed by atoms with Crippen molar-refractivity contribution in [3.05, 3.63) is 60.2 Å². The third-order valence-electron chi connectivity index (χ3n) is 5.04. The van der Waals surface area contributed by atoms with Crippen LogP contribution in [0, 0.1) is 0 Å². The fourth-order valence-corrected chi connectivity index (χ4v) is 4.62. The van der Waals surface area contributed by atoms with Crippen LogP contribution in [-0.2, 0) is 19.5 Å². The van der Waals surface area contributed by atoms with Crippen LogP contribution in [0.15, 0.2) is 59.5 Å². The van der Waals surface area contributed by atoms with Gasteiger partial charge in [0.1, 0.15) is 0 Å². The van der Waals surface area contributed by atoms with Gasteiger partial charge in [-0.25, -0.2) is 8.42 Å². The molecule has 2 aromatic rings. The molecule has 0 atom stereocenters. The van der Waals surface area contributed by atoms with E-state index in [9.17, 15) is 13.2 Å². The molecule has 1 N–H and O–H groups in total. The van der Waals surface area contributed by atoms with Gasteiger partial charge < -0.3 is 14.4 Å². The SMILES string of the molecule is O=C(c1cccc(NS(=O)(=O)c2ccccc2)c1)N1CCC2(CC1)OCCO2. The monoisotopic (exact) mass is 402 g/mol. The molecule has 148 valence electrons. The number of ether oxygens (including phenoxy) is 2. The van der Waals surface area contributed by atoms with Crippen LogP contribution in [0.1, 0.15) is 23.2 Å². The average molecular weight is 402 g/mol. The van der Waals surface area contributed by atoms with Gasteiger partial charge in [-0.05, 0) is 30.3 Å². The number of piperidine rings is 1. The number of hydrogen-bond acceptors (Lipinski definition) is 5. The second-order valence-corrected chi connectivity index (χ2v) is 8.58. The summed E-state index contributed by atoms with van der Waals surface area (Å²) in [6.45, 7) is 2.27. The van der Waals surface area contributed by atoms with E-state index in [1.54, 1.807) is 47.4 Å². The van der Waals surface area contributed by atoms with Crippen molar-refractivity contribution in [3.63, 3.8) is 0 Å². The molecule has 0 aromatic heterocycles. The molecule has 2 fully saturated rings. The van der Waals surface area contributed by atoms with Crippen molar-refractivity contribution in [3.8, 4) is 0 Å². The zero-order valence-electron chi connectivity index (χ0n) is 15.3. The van der Waals surface area contributed by atoms with E-state index >= 15 is 0 Å². The highest BCUT2D eigenvalue weighted by molar-refractivity contribution is 7.92. The molecule has 4 rings (SSSR count). The molecule has 2 aliphatic rings. The normalized spacial score (nSPS) is 18.9. The lowest BCUT2D eigenvalue weighted by molar-refractivity contribution is -0.181. The van der Waals surface area contributed by atoms with Crippen molar-refractivity contribution in [2.24, 2.45) is 0 Å². The van der Waals surface area contributed by atoms with Gasteiger partial charge in [-0.2, -0.15) is 0 Å². The van der Waals surface area contributed by atoms with Crippen LogP contribution in [0.2, 0.25) is 0 Å². The number of carbonyl (C=O) groups excluding carboxylic acids is 1. The van der Waals surface area contributed by atoms with Crippen LogP contribution < -0.4 is 4.72 Å². The molecule has 2 aromatic carbocycles. The number of nitrogens with one attached hydrogen (secondary N) is 1. The first kappa shape index (κ1) is 18.9. The summed E-state index contributed by atoms with van der Waals surface area (Å²) in [6, 6.07) is 14.7. The average Bonchev–Trinajstić information content (AvgIpc) is 3.16. The minimum Gasteiger partial charge on any atom is -0.347 e. The van der Waals surface area contributed by atoms with Crippen LogP contribution in [-0.4, -0.2) is 51.3 Å². The lowest BCUT2D eigenvalue weighted by Gasteiger charge is -2.37. The Morgan fingerprint density at radius 2 is 1.64 bits per heavy atom. The maximum atomic E-state index is 12.9. The van der Waals surface area contributed by atoms with Gasteiger partial charge >= 0.3 is 0 Å². The van der Waals surface area contributed by atoms with Crippen LogP contribution in [0.3, 0.4) is 0 Å². The summed E-state index contributed by atoms with van der Waals surface area (Å²) < 4.78 is 38.9. The van der Waals surface area contributed by atoms with Crippen LogP contribution in [0.4, 0.5) is 5.69 Å². The largest absolute Gasteiger partial charge is 0.347 e. The first-order valence-corrected chi connectivity index (χ1v) is 10.7. The number of anilines is 1. The number of sulfonamides is 1. The molecule has 1 amide bonds. The summed E-state index contributed by atoms with van der Waals surface area (Å²) in [5.74, 6) is -0.669. The van der Waals surface area contributed by atoms with Gasteiger partial charge in [0, 0.05) is 37.2 Å². The summed E-state index contributed by atoms with van der Waals surface area (Å²) in [5.41, 5.74) is 0.795. The van der Waals surface area contributed by atoms with Gasteiger partial charge in [-0.3, -0.25) is 9.52 Å². The molecule has 7 nitrogen and oxygen atoms in total. The van der Waals surface area contributed by atoms with Gasteiger partial charge in [0.15, 0.2) is 5.79 Å². The standard InChI is InChI=1S/C20H22N2O5S/c23-19(22-11-9-20(10-12-22)26-13-14-27-20)16-5-4-6-17(15-16)21-28(24,25)18-7-2-1-3-8-18/h1-8,15,21H,9-14H2. The molecule has 0 unspecified atom stereocenters. The first-order valence-electron chi connectivity index (χ1n) is 9.23. The summed E-state index contributed by atoms with van der Waals surface area (Å²) in [5, 5.41) is 0. The molecule has 0 radical (unpaired) electrons. The summed E-state index contributed by atoms with van der Waals surface area (Å²) >= 11 is 0. The maximum absolute atomic E-state index is 12.9. The van der Waals surface area contributed by atoms with Crippen LogP contribution in [0.5, 0.6) is 0 Å². The number of rotatable bonds is 4. The van der Waals surface area contributed by atoms with E-state index in [0.29, 0.717) is 50.4 Å². The highest BCUT2D eigenvalue weighted by Gasteiger charge is 2.40. The summed E-state index contributed by atoms with van der Waals surface area (Å²) in [4.78, 5) is 14.8. The highest BCUT2D eigenvalue weighted by atomic mass is 32.2. The Hall–Kier alpha value is -2.42. The Balaban J connectivity index is 1.46. The second-order valence-electron chi connectivity index (χ2n) is 6.90. The number of nitrogens with zero attached hydrogens (tertiary/aromatic N) is 1. The Labute approximate surface area is 164 Å². The van der Waals surface area contributed by atoms with E-state index < -0.39 is 15.8 Å². The number of amides is 1. The lowest BCUT2D eigenvalue weighted by Crippen LogP contribution is -2.47. The van der Waals surface area contributed by atoms with Gasteiger partial charge in [0.05, 0.1) is 18.1 Å². The third-order valence-corrected chi connectivity index (χ3v) is 6.44. The second kappa shape index (κ2) is 7.54. The highest BCUT2D eigenvalue weighted by Crippen LogP contribution is 2.32. The first-order chi connectivity index (χ1) is 13.5. The molecule has 2 aliphatic heterocycles. The van der Waals surface area contributed by atoms with Crippen molar-refractivity contribution in [2.45, 2.75) is 23.5 Å². The molecule has 0 saturated carbocycles. The Bertz CT molecular complexity index is 946. The molecule has 2 heterocycles. The fraction of sp³-hybridized carbons (Fsp3) is 0.350. The molecule has 1 spiro atoms. The summed E-state index contributed by atoms with van der Waals surface area (Å²) in [7, 11) is -3.70. The zero-order valence-corrected chi connectivity index (χ0v) is 16.2. The number of carbonyl (C=O) groups is 1. The zero-order chi connectivity index (χ0) is 19.6. The smallest absolute Gasteiger partial charge is 0.261 e.